The van der Waals surface area contributed by atoms with Crippen molar-refractivity contribution >= 4 is 22.7 Å². The summed E-state index contributed by atoms with van der Waals surface area (Å²) in [6.45, 7) is 0. The number of hydrogen-bond donors (Lipinski definition) is 1. The first-order chi connectivity index (χ1) is 10.6. The molecule has 0 fully saturated rings. The number of methoxy groups -OCH3 is 1. The molecule has 1 aromatic heterocycles. The van der Waals surface area contributed by atoms with E-state index in [1.54, 1.807) is 36.4 Å². The average Bonchev–Trinajstić information content (AvgIpc) is 2.98. The molecule has 0 aliphatic carbocycles. The van der Waals surface area contributed by atoms with Crippen LogP contribution < -0.4 is 0 Å². The van der Waals surface area contributed by atoms with E-state index in [1.807, 2.05) is 0 Å². The first kappa shape index (κ1) is 13.7. The van der Waals surface area contributed by atoms with Crippen LogP contribution in [0.2, 0.25) is 0 Å². The molecule has 1 heterocycles. The fourth-order valence-corrected chi connectivity index (χ4v) is 2.21. The zero-order valence-electron chi connectivity index (χ0n) is 11.6. The average molecular weight is 297 g/mol. The van der Waals surface area contributed by atoms with Crippen molar-refractivity contribution in [1.29, 1.82) is 0 Å². The van der Waals surface area contributed by atoms with Gasteiger partial charge in [-0.15, -0.1) is 0 Å². The second-order valence-corrected chi connectivity index (χ2v) is 4.59. The van der Waals surface area contributed by atoms with Gasteiger partial charge in [0.25, 0.3) is 5.69 Å². The van der Waals surface area contributed by atoms with E-state index < -0.39 is 10.9 Å². The molecule has 0 radical (unpaired) electrons. The second-order valence-electron chi connectivity index (χ2n) is 4.59. The van der Waals surface area contributed by atoms with Gasteiger partial charge in [0.15, 0.2) is 5.52 Å². The largest absolute Gasteiger partial charge is 0.465 e. The Morgan fingerprint density at radius 1 is 1.27 bits per heavy atom. The Kier molecular flexibility index (Phi) is 3.30. The third-order valence-electron chi connectivity index (χ3n) is 3.25. The molecule has 0 aliphatic heterocycles. The van der Waals surface area contributed by atoms with Crippen molar-refractivity contribution in [2.24, 2.45) is 0 Å². The molecule has 2 aromatic carbocycles. The van der Waals surface area contributed by atoms with Crippen molar-refractivity contribution in [2.45, 2.75) is 0 Å². The zero-order chi connectivity index (χ0) is 15.7. The third kappa shape index (κ3) is 2.28. The van der Waals surface area contributed by atoms with Crippen molar-refractivity contribution in [2.75, 3.05) is 7.11 Å². The smallest absolute Gasteiger partial charge is 0.337 e. The number of carbonyl (C=O) groups is 1. The van der Waals surface area contributed by atoms with E-state index in [1.165, 1.54) is 13.2 Å². The molecule has 22 heavy (non-hydrogen) atoms. The predicted octanol–water partition coefficient (Wildman–Crippen LogP) is 2.92. The predicted molar refractivity (Wildman–Crippen MR) is 79.5 cm³/mol. The normalized spacial score (nSPS) is 10.6. The van der Waals surface area contributed by atoms with Crippen LogP contribution in [0, 0.1) is 10.1 Å². The Bertz CT molecular complexity index is 885. The highest BCUT2D eigenvalue weighted by molar-refractivity contribution is 5.91. The fourth-order valence-electron chi connectivity index (χ4n) is 2.21. The molecule has 3 rings (SSSR count). The summed E-state index contributed by atoms with van der Waals surface area (Å²) in [6.07, 6.45) is 0. The van der Waals surface area contributed by atoms with E-state index >= 15 is 0 Å². The summed E-state index contributed by atoms with van der Waals surface area (Å²) in [6, 6.07) is 11.4. The molecule has 0 spiro atoms. The first-order valence-corrected chi connectivity index (χ1v) is 6.42. The second kappa shape index (κ2) is 5.28. The van der Waals surface area contributed by atoms with Crippen LogP contribution in [0.3, 0.4) is 0 Å². The maximum absolute atomic E-state index is 11.6. The number of benzene rings is 2. The lowest BCUT2D eigenvalue weighted by molar-refractivity contribution is -0.383. The molecule has 7 nitrogen and oxygen atoms in total. The number of nitro groups is 1. The number of ether oxygens (including phenoxy) is 1. The lowest BCUT2D eigenvalue weighted by Crippen LogP contribution is -2.00. The summed E-state index contributed by atoms with van der Waals surface area (Å²) in [4.78, 5) is 29.4. The first-order valence-electron chi connectivity index (χ1n) is 6.42. The minimum absolute atomic E-state index is 0.0656. The number of nitro benzene ring substituents is 1. The molecule has 1 N–H and O–H groups in total. The van der Waals surface area contributed by atoms with Gasteiger partial charge in [0.2, 0.25) is 0 Å². The van der Waals surface area contributed by atoms with E-state index in [9.17, 15) is 14.9 Å². The van der Waals surface area contributed by atoms with Crippen LogP contribution in [-0.4, -0.2) is 28.0 Å². The molecule has 3 aromatic rings. The van der Waals surface area contributed by atoms with Gasteiger partial charge in [-0.05, 0) is 18.2 Å². The number of hydrogen-bond acceptors (Lipinski definition) is 5. The number of nitrogens with zero attached hydrogens (tertiary/aromatic N) is 2. The summed E-state index contributed by atoms with van der Waals surface area (Å²) >= 11 is 0. The topological polar surface area (TPSA) is 98.1 Å². The van der Waals surface area contributed by atoms with Gasteiger partial charge >= 0.3 is 5.97 Å². The molecule has 0 amide bonds. The van der Waals surface area contributed by atoms with Crippen molar-refractivity contribution < 1.29 is 14.5 Å². The van der Waals surface area contributed by atoms with Gasteiger partial charge < -0.3 is 9.72 Å². The number of aromatic nitrogens is 2. The fraction of sp³-hybridized carbons (Fsp3) is 0.0667. The summed E-state index contributed by atoms with van der Waals surface area (Å²) in [5.74, 6) is -0.000931. The standard InChI is InChI=1S/C15H11N3O4/c1-22-15(19)10-5-2-4-9(8-10)14-16-11-6-3-7-12(18(20)21)13(11)17-14/h2-8H,1H3,(H,16,17). The number of esters is 1. The quantitative estimate of drug-likeness (QED) is 0.455. The zero-order valence-corrected chi connectivity index (χ0v) is 11.6. The van der Waals surface area contributed by atoms with E-state index in [4.69, 9.17) is 0 Å². The van der Waals surface area contributed by atoms with Crippen LogP contribution >= 0.6 is 0 Å². The monoisotopic (exact) mass is 297 g/mol. The summed E-state index contributed by atoms with van der Waals surface area (Å²) in [7, 11) is 1.31. The maximum Gasteiger partial charge on any atom is 0.337 e. The molecule has 0 bridgehead atoms. The molecule has 0 atom stereocenters. The lowest BCUT2D eigenvalue weighted by Gasteiger charge is -2.01. The van der Waals surface area contributed by atoms with Gasteiger partial charge in [0.05, 0.1) is 23.1 Å². The molecular weight excluding hydrogens is 286 g/mol. The van der Waals surface area contributed by atoms with Gasteiger partial charge in [-0.3, -0.25) is 10.1 Å². The lowest BCUT2D eigenvalue weighted by atomic mass is 10.1. The summed E-state index contributed by atoms with van der Waals surface area (Å²) in [5, 5.41) is 11.0. The molecule has 0 saturated heterocycles. The highest BCUT2D eigenvalue weighted by Gasteiger charge is 2.16. The SMILES string of the molecule is COC(=O)c1cccc(-c2nc3c([N+](=O)[O-])cccc3[nH]2)c1. The number of para-hydroxylation sites is 1. The number of rotatable bonds is 3. The van der Waals surface area contributed by atoms with Gasteiger partial charge in [0, 0.05) is 11.6 Å². The van der Waals surface area contributed by atoms with Crippen LogP contribution in [0.15, 0.2) is 42.5 Å². The minimum atomic E-state index is -0.474. The molecule has 0 saturated carbocycles. The van der Waals surface area contributed by atoms with Crippen LogP contribution in [0.4, 0.5) is 5.69 Å². The number of carbonyl (C=O) groups excluding carboxylic acids is 1. The van der Waals surface area contributed by atoms with Gasteiger partial charge in [-0.25, -0.2) is 9.78 Å². The molecular formula is C15H11N3O4. The number of nitrogens with one attached hydrogen (secondary N) is 1. The Morgan fingerprint density at radius 3 is 2.77 bits per heavy atom. The van der Waals surface area contributed by atoms with Crippen LogP contribution in [-0.2, 0) is 4.74 Å². The highest BCUT2D eigenvalue weighted by atomic mass is 16.6. The van der Waals surface area contributed by atoms with E-state index in [0.717, 1.165) is 0 Å². The van der Waals surface area contributed by atoms with Gasteiger partial charge in [0.1, 0.15) is 5.82 Å². The van der Waals surface area contributed by atoms with Crippen LogP contribution in [0.1, 0.15) is 10.4 Å². The van der Waals surface area contributed by atoms with E-state index in [2.05, 4.69) is 14.7 Å². The summed E-state index contributed by atoms with van der Waals surface area (Å²) < 4.78 is 4.68. The van der Waals surface area contributed by atoms with E-state index in [-0.39, 0.29) is 11.2 Å². The minimum Gasteiger partial charge on any atom is -0.465 e. The Hall–Kier alpha value is -3.22. The van der Waals surface area contributed by atoms with Crippen LogP contribution in [0.5, 0.6) is 0 Å². The number of aromatic amines is 1. The van der Waals surface area contributed by atoms with Crippen molar-refractivity contribution in [3.63, 3.8) is 0 Å². The number of H-pyrrole nitrogens is 1. The number of imidazole rings is 1. The maximum atomic E-state index is 11.6. The molecule has 0 aliphatic rings. The van der Waals surface area contributed by atoms with Crippen molar-refractivity contribution in [3.05, 3.63) is 58.1 Å². The highest BCUT2D eigenvalue weighted by Crippen LogP contribution is 2.27. The molecule has 7 heteroatoms. The number of fused-ring (bicyclic) bond motifs is 1. The number of non-ortho nitro benzene ring substituents is 1. The van der Waals surface area contributed by atoms with Gasteiger partial charge in [-0.2, -0.15) is 0 Å². The Morgan fingerprint density at radius 2 is 2.05 bits per heavy atom. The summed E-state index contributed by atoms with van der Waals surface area (Å²) in [5.41, 5.74) is 1.81. The van der Waals surface area contributed by atoms with Crippen molar-refractivity contribution in [1.82, 2.24) is 9.97 Å². The molecule has 0 unspecified atom stereocenters. The molecule has 110 valence electrons. The van der Waals surface area contributed by atoms with Gasteiger partial charge in [-0.1, -0.05) is 18.2 Å². The van der Waals surface area contributed by atoms with Crippen LogP contribution in [0.25, 0.3) is 22.4 Å². The Labute approximate surface area is 124 Å². The third-order valence-corrected chi connectivity index (χ3v) is 3.25. The Balaban J connectivity index is 2.13. The van der Waals surface area contributed by atoms with E-state index in [0.29, 0.717) is 22.5 Å². The van der Waals surface area contributed by atoms with Crippen molar-refractivity contribution in [3.8, 4) is 11.4 Å².